The minimum Gasteiger partial charge on any atom is -0.322 e. The van der Waals surface area contributed by atoms with Gasteiger partial charge in [-0.3, -0.25) is 15.0 Å². The van der Waals surface area contributed by atoms with Crippen LogP contribution in [0.4, 0.5) is 4.79 Å². The third-order valence-electron chi connectivity index (χ3n) is 5.25. The third kappa shape index (κ3) is 3.38. The van der Waals surface area contributed by atoms with Crippen LogP contribution < -0.4 is 10.7 Å². The zero-order valence-electron chi connectivity index (χ0n) is 17.0. The number of hydrogen-bond acceptors (Lipinski definition) is 5. The van der Waals surface area contributed by atoms with Crippen molar-refractivity contribution in [1.29, 1.82) is 0 Å². The van der Waals surface area contributed by atoms with Crippen LogP contribution in [0.2, 0.25) is 0 Å². The van der Waals surface area contributed by atoms with Gasteiger partial charge in [-0.25, -0.2) is 14.3 Å². The van der Waals surface area contributed by atoms with E-state index in [0.29, 0.717) is 18.5 Å². The van der Waals surface area contributed by atoms with Crippen LogP contribution in [0.3, 0.4) is 0 Å². The summed E-state index contributed by atoms with van der Waals surface area (Å²) >= 11 is 0. The lowest BCUT2D eigenvalue weighted by atomic mass is 9.93. The predicted octanol–water partition coefficient (Wildman–Crippen LogP) is 1.93. The van der Waals surface area contributed by atoms with E-state index in [1.807, 2.05) is 50.2 Å². The summed E-state index contributed by atoms with van der Waals surface area (Å²) in [6.07, 6.45) is 2.39. The van der Waals surface area contributed by atoms with E-state index in [0.717, 1.165) is 22.0 Å². The van der Waals surface area contributed by atoms with E-state index in [2.05, 4.69) is 20.8 Å². The van der Waals surface area contributed by atoms with Crippen LogP contribution in [-0.2, 0) is 11.2 Å². The van der Waals surface area contributed by atoms with E-state index in [1.54, 1.807) is 6.92 Å². The van der Waals surface area contributed by atoms with Crippen LogP contribution in [0.5, 0.6) is 0 Å². The molecular weight excluding hydrogens is 384 g/mol. The Hall–Kier alpha value is -3.75. The van der Waals surface area contributed by atoms with E-state index in [9.17, 15) is 14.4 Å². The highest BCUT2D eigenvalue weighted by Gasteiger charge is 2.48. The van der Waals surface area contributed by atoms with Crippen LogP contribution in [0.1, 0.15) is 40.7 Å². The van der Waals surface area contributed by atoms with E-state index in [-0.39, 0.29) is 5.56 Å². The third-order valence-corrected chi connectivity index (χ3v) is 5.25. The fourth-order valence-corrected chi connectivity index (χ4v) is 3.59. The highest BCUT2D eigenvalue weighted by Crippen LogP contribution is 2.22. The summed E-state index contributed by atoms with van der Waals surface area (Å²) in [6.45, 7) is 5.33. The van der Waals surface area contributed by atoms with Gasteiger partial charge in [0.2, 0.25) is 0 Å². The molecule has 0 saturated carbocycles. The minimum absolute atomic E-state index is 0.181. The zero-order chi connectivity index (χ0) is 21.5. The molecule has 9 heteroatoms. The van der Waals surface area contributed by atoms with Gasteiger partial charge in [0.25, 0.3) is 11.8 Å². The average molecular weight is 406 g/mol. The second-order valence-electron chi connectivity index (χ2n) is 7.66. The molecular formula is C21H22N6O3. The summed E-state index contributed by atoms with van der Waals surface area (Å²) in [4.78, 5) is 42.5. The van der Waals surface area contributed by atoms with Crippen molar-refractivity contribution in [2.24, 2.45) is 0 Å². The predicted molar refractivity (Wildman–Crippen MR) is 108 cm³/mol. The highest BCUT2D eigenvalue weighted by atomic mass is 16.2. The van der Waals surface area contributed by atoms with Crippen molar-refractivity contribution >= 4 is 23.5 Å². The van der Waals surface area contributed by atoms with E-state index >= 15 is 0 Å². The number of urea groups is 1. The Kier molecular flexibility index (Phi) is 4.73. The first-order valence-corrected chi connectivity index (χ1v) is 9.62. The van der Waals surface area contributed by atoms with Gasteiger partial charge in [0.05, 0.1) is 6.20 Å². The lowest BCUT2D eigenvalue weighted by molar-refractivity contribution is -0.132. The molecule has 4 amide bonds. The molecule has 9 nitrogen and oxygen atoms in total. The Balaban J connectivity index is 1.51. The number of nitrogens with zero attached hydrogens (tertiary/aromatic N) is 4. The molecule has 3 aromatic rings. The maximum atomic E-state index is 12.9. The van der Waals surface area contributed by atoms with Gasteiger partial charge >= 0.3 is 6.03 Å². The molecule has 0 bridgehead atoms. The van der Waals surface area contributed by atoms with Gasteiger partial charge in [-0.2, -0.15) is 10.1 Å². The van der Waals surface area contributed by atoms with Gasteiger partial charge in [-0.15, -0.1) is 0 Å². The van der Waals surface area contributed by atoms with E-state index in [4.69, 9.17) is 0 Å². The molecule has 1 aromatic carbocycles. The van der Waals surface area contributed by atoms with Crippen molar-refractivity contribution in [2.75, 3.05) is 0 Å². The quantitative estimate of drug-likeness (QED) is 0.630. The zero-order valence-corrected chi connectivity index (χ0v) is 17.0. The first-order chi connectivity index (χ1) is 14.3. The Morgan fingerprint density at radius 1 is 1.20 bits per heavy atom. The molecule has 2 N–H and O–H groups in total. The van der Waals surface area contributed by atoms with Crippen LogP contribution in [-0.4, -0.2) is 43.0 Å². The Morgan fingerprint density at radius 2 is 1.93 bits per heavy atom. The molecule has 0 radical (unpaired) electrons. The molecule has 0 spiro atoms. The van der Waals surface area contributed by atoms with Gasteiger partial charge in [0.1, 0.15) is 11.1 Å². The number of nitrogens with one attached hydrogen (secondary N) is 2. The van der Waals surface area contributed by atoms with Crippen molar-refractivity contribution < 1.29 is 14.4 Å². The number of carbonyl (C=O) groups excluding carboxylic acids is 3. The second-order valence-corrected chi connectivity index (χ2v) is 7.66. The van der Waals surface area contributed by atoms with Crippen molar-refractivity contribution in [2.45, 2.75) is 39.2 Å². The Morgan fingerprint density at radius 3 is 2.67 bits per heavy atom. The van der Waals surface area contributed by atoms with Crippen molar-refractivity contribution in [3.8, 4) is 0 Å². The minimum atomic E-state index is -1.10. The summed E-state index contributed by atoms with van der Waals surface area (Å²) in [5.41, 5.74) is 4.46. The molecule has 1 unspecified atom stereocenters. The first-order valence-electron chi connectivity index (χ1n) is 9.62. The highest BCUT2D eigenvalue weighted by molar-refractivity contribution is 6.09. The summed E-state index contributed by atoms with van der Waals surface area (Å²) < 4.78 is 1.54. The Bertz CT molecular complexity index is 1160. The number of carbonyl (C=O) groups is 3. The van der Waals surface area contributed by atoms with Crippen LogP contribution in [0.15, 0.2) is 42.6 Å². The normalized spacial score (nSPS) is 18.7. The molecule has 4 rings (SSSR count). The topological polar surface area (TPSA) is 109 Å². The SMILES string of the molecule is Cc1cc(C)n2ncc(C(=O)NN3C(=O)NC(C)(CCc4ccccc4)C3=O)c2n1. The summed E-state index contributed by atoms with van der Waals surface area (Å²) in [6, 6.07) is 10.9. The maximum Gasteiger partial charge on any atom is 0.344 e. The standard InChI is InChI=1S/C21H22N6O3/c1-13-11-14(2)26-17(23-13)16(12-22-26)18(28)25-27-19(29)21(3,24-20(27)30)10-9-15-7-5-4-6-8-15/h4-8,11-12H,9-10H2,1-3H3,(H,24,30)(H,25,28). The molecule has 30 heavy (non-hydrogen) atoms. The van der Waals surface area contributed by atoms with Gasteiger partial charge in [-0.1, -0.05) is 30.3 Å². The van der Waals surface area contributed by atoms with Crippen LogP contribution in [0, 0.1) is 13.8 Å². The maximum absolute atomic E-state index is 12.9. The fraction of sp³-hybridized carbons (Fsp3) is 0.286. The lowest BCUT2D eigenvalue weighted by Crippen LogP contribution is -2.49. The molecule has 3 heterocycles. The van der Waals surface area contributed by atoms with Gasteiger partial charge in [0.15, 0.2) is 5.65 Å². The Labute approximate surface area is 173 Å². The summed E-state index contributed by atoms with van der Waals surface area (Å²) in [5.74, 6) is -1.13. The van der Waals surface area contributed by atoms with Gasteiger partial charge in [0, 0.05) is 11.4 Å². The number of aromatic nitrogens is 3. The number of hydrogen-bond donors (Lipinski definition) is 2. The van der Waals surface area contributed by atoms with Crippen LogP contribution >= 0.6 is 0 Å². The van der Waals surface area contributed by atoms with Crippen LogP contribution in [0.25, 0.3) is 5.65 Å². The molecule has 1 fully saturated rings. The molecule has 1 aliphatic heterocycles. The van der Waals surface area contributed by atoms with E-state index < -0.39 is 23.4 Å². The number of amides is 4. The number of rotatable bonds is 5. The van der Waals surface area contributed by atoms with Gasteiger partial charge in [-0.05, 0) is 45.2 Å². The van der Waals surface area contributed by atoms with Crippen molar-refractivity contribution in [3.05, 3.63) is 65.1 Å². The van der Waals surface area contributed by atoms with Crippen molar-refractivity contribution in [3.63, 3.8) is 0 Å². The number of aryl methyl sites for hydroxylation is 3. The number of benzene rings is 1. The molecule has 1 aliphatic rings. The smallest absolute Gasteiger partial charge is 0.322 e. The monoisotopic (exact) mass is 406 g/mol. The second kappa shape index (κ2) is 7.25. The molecule has 0 aliphatic carbocycles. The fourth-order valence-electron chi connectivity index (χ4n) is 3.59. The summed E-state index contributed by atoms with van der Waals surface area (Å²) in [5, 5.41) is 7.60. The molecule has 2 aromatic heterocycles. The van der Waals surface area contributed by atoms with Crippen molar-refractivity contribution in [1.82, 2.24) is 30.3 Å². The molecule has 154 valence electrons. The lowest BCUT2D eigenvalue weighted by Gasteiger charge is -2.21. The van der Waals surface area contributed by atoms with E-state index in [1.165, 1.54) is 10.7 Å². The number of fused-ring (bicyclic) bond motifs is 1. The summed E-state index contributed by atoms with van der Waals surface area (Å²) in [7, 11) is 0. The number of imide groups is 1. The van der Waals surface area contributed by atoms with Gasteiger partial charge < -0.3 is 5.32 Å². The largest absolute Gasteiger partial charge is 0.344 e. The number of hydrazine groups is 1. The molecule has 1 atom stereocenters. The first kappa shape index (κ1) is 19.6. The average Bonchev–Trinajstić information content (AvgIpc) is 3.22. The molecule has 1 saturated heterocycles.